The van der Waals surface area contributed by atoms with Crippen LogP contribution in [0.25, 0.3) is 0 Å². The molecule has 3 nitrogen and oxygen atoms in total. The molecule has 1 N–H and O–H groups in total. The van der Waals surface area contributed by atoms with Crippen LogP contribution in [0.5, 0.6) is 5.75 Å². The summed E-state index contributed by atoms with van der Waals surface area (Å²) in [6.45, 7) is 0.465. The van der Waals surface area contributed by atoms with Crippen LogP contribution in [0, 0.1) is 0 Å². The van der Waals surface area contributed by atoms with Gasteiger partial charge in [-0.3, -0.25) is 4.79 Å². The first-order chi connectivity index (χ1) is 10.0. The Labute approximate surface area is 136 Å². The second kappa shape index (κ2) is 7.48. The van der Waals surface area contributed by atoms with Crippen LogP contribution in [0.4, 0.5) is 0 Å². The monoisotopic (exact) mass is 368 g/mol. The van der Waals surface area contributed by atoms with Crippen molar-refractivity contribution in [3.63, 3.8) is 0 Å². The summed E-state index contributed by atoms with van der Waals surface area (Å²) in [5, 5.41) is 9.55. The predicted molar refractivity (Wildman–Crippen MR) is 86.3 cm³/mol. The molecule has 0 aliphatic rings. The van der Waals surface area contributed by atoms with Crippen molar-refractivity contribution in [2.75, 3.05) is 0 Å². The molecule has 2 aromatic rings. The van der Waals surface area contributed by atoms with Crippen molar-refractivity contribution in [2.24, 2.45) is 0 Å². The van der Waals surface area contributed by atoms with Crippen LogP contribution in [0.1, 0.15) is 11.1 Å². The number of carboxylic acids is 1. The average molecular weight is 370 g/mol. The van der Waals surface area contributed by atoms with E-state index in [4.69, 9.17) is 21.4 Å². The normalized spacial score (nSPS) is 11.9. The summed E-state index contributed by atoms with van der Waals surface area (Å²) in [4.78, 5) is 10.2. The number of hydrogen-bond acceptors (Lipinski definition) is 2. The molecular weight excluding hydrogens is 356 g/mol. The zero-order valence-electron chi connectivity index (χ0n) is 11.1. The molecule has 0 aliphatic heterocycles. The number of hydrogen-bond donors (Lipinski definition) is 1. The Hall–Kier alpha value is -1.52. The summed E-state index contributed by atoms with van der Waals surface area (Å²) in [5.74, 6) is -0.117. The largest absolute Gasteiger partial charge is 0.489 e. The highest BCUT2D eigenvalue weighted by Gasteiger charge is 2.13. The van der Waals surface area contributed by atoms with Crippen molar-refractivity contribution in [3.05, 3.63) is 64.7 Å². The summed E-state index contributed by atoms with van der Waals surface area (Å²) < 4.78 is 5.67. The number of benzene rings is 2. The minimum atomic E-state index is -0.863. The van der Waals surface area contributed by atoms with E-state index in [0.717, 1.165) is 16.9 Å². The molecule has 2 rings (SSSR count). The van der Waals surface area contributed by atoms with Crippen LogP contribution in [0.3, 0.4) is 0 Å². The van der Waals surface area contributed by atoms with Crippen molar-refractivity contribution in [1.82, 2.24) is 0 Å². The summed E-state index contributed by atoms with van der Waals surface area (Å²) >= 11 is 8.95. The summed E-state index contributed by atoms with van der Waals surface area (Å²) in [6.07, 6.45) is 0.437. The van der Waals surface area contributed by atoms with Crippen molar-refractivity contribution in [1.29, 1.82) is 0 Å². The second-order valence-electron chi connectivity index (χ2n) is 4.57. The van der Waals surface area contributed by atoms with Crippen LogP contribution in [0.15, 0.2) is 48.5 Å². The maximum Gasteiger partial charge on any atom is 0.317 e. The molecule has 5 heteroatoms. The number of ether oxygens (including phenoxy) is 1. The van der Waals surface area contributed by atoms with Gasteiger partial charge in [-0.15, -0.1) is 0 Å². The Morgan fingerprint density at radius 1 is 1.10 bits per heavy atom. The minimum Gasteiger partial charge on any atom is -0.489 e. The van der Waals surface area contributed by atoms with Crippen LogP contribution in [-0.2, 0) is 17.8 Å². The maximum absolute atomic E-state index is 10.8. The van der Waals surface area contributed by atoms with Gasteiger partial charge in [-0.05, 0) is 41.8 Å². The van der Waals surface area contributed by atoms with E-state index in [0.29, 0.717) is 18.1 Å². The second-order valence-corrected chi connectivity index (χ2v) is 6.11. The Balaban J connectivity index is 1.90. The van der Waals surface area contributed by atoms with E-state index in [1.54, 1.807) is 0 Å². The van der Waals surface area contributed by atoms with E-state index in [9.17, 15) is 4.79 Å². The lowest BCUT2D eigenvalue weighted by atomic mass is 10.1. The van der Waals surface area contributed by atoms with Gasteiger partial charge in [0.2, 0.25) is 0 Å². The SMILES string of the molecule is O=C(O)C(Br)Cc1ccc(OCc2ccc(Cl)cc2)cc1. The first kappa shape index (κ1) is 15.9. The van der Waals surface area contributed by atoms with Crippen molar-refractivity contribution >= 4 is 33.5 Å². The van der Waals surface area contributed by atoms with E-state index >= 15 is 0 Å². The van der Waals surface area contributed by atoms with Crippen molar-refractivity contribution in [2.45, 2.75) is 17.9 Å². The smallest absolute Gasteiger partial charge is 0.317 e. The molecule has 0 radical (unpaired) electrons. The number of alkyl halides is 1. The number of carboxylic acid groups (broad SMARTS) is 1. The highest BCUT2D eigenvalue weighted by atomic mass is 79.9. The fourth-order valence-electron chi connectivity index (χ4n) is 1.76. The summed E-state index contributed by atoms with van der Waals surface area (Å²) in [6, 6.07) is 14.9. The third-order valence-electron chi connectivity index (χ3n) is 2.92. The van der Waals surface area contributed by atoms with Gasteiger partial charge in [-0.1, -0.05) is 51.8 Å². The molecule has 0 aromatic heterocycles. The molecule has 1 unspecified atom stereocenters. The van der Waals surface area contributed by atoms with Gasteiger partial charge in [0, 0.05) is 5.02 Å². The molecule has 2 aromatic carbocycles. The van der Waals surface area contributed by atoms with Gasteiger partial charge in [0.15, 0.2) is 0 Å². The van der Waals surface area contributed by atoms with E-state index in [-0.39, 0.29) is 0 Å². The number of rotatable bonds is 6. The third-order valence-corrected chi connectivity index (χ3v) is 3.89. The maximum atomic E-state index is 10.8. The standard InChI is InChI=1S/C16H14BrClO3/c17-15(16(19)20)9-11-3-7-14(8-4-11)21-10-12-1-5-13(18)6-2-12/h1-8,15H,9-10H2,(H,19,20). The molecule has 110 valence electrons. The van der Waals surface area contributed by atoms with Gasteiger partial charge in [-0.25, -0.2) is 0 Å². The highest BCUT2D eigenvalue weighted by Crippen LogP contribution is 2.17. The van der Waals surface area contributed by atoms with Crippen molar-refractivity contribution in [3.8, 4) is 5.75 Å². The molecule has 0 fully saturated rings. The van der Waals surface area contributed by atoms with Gasteiger partial charge in [0.25, 0.3) is 0 Å². The van der Waals surface area contributed by atoms with E-state index in [2.05, 4.69) is 15.9 Å². The lowest BCUT2D eigenvalue weighted by Gasteiger charge is -2.08. The fraction of sp³-hybridized carbons (Fsp3) is 0.188. The van der Waals surface area contributed by atoms with Gasteiger partial charge in [0.05, 0.1) is 0 Å². The van der Waals surface area contributed by atoms with E-state index in [1.165, 1.54) is 0 Å². The van der Waals surface area contributed by atoms with Crippen molar-refractivity contribution < 1.29 is 14.6 Å². The molecule has 0 saturated carbocycles. The molecule has 0 saturated heterocycles. The predicted octanol–water partition coefficient (Wildman–Crippen LogP) is 4.31. The van der Waals surface area contributed by atoms with Gasteiger partial charge >= 0.3 is 5.97 Å². The minimum absolute atomic E-state index is 0.437. The molecule has 21 heavy (non-hydrogen) atoms. The summed E-state index contributed by atoms with van der Waals surface area (Å²) in [5.41, 5.74) is 1.98. The number of aliphatic carboxylic acids is 1. The molecule has 0 bridgehead atoms. The van der Waals surface area contributed by atoms with Crippen LogP contribution in [0.2, 0.25) is 5.02 Å². The first-order valence-corrected chi connectivity index (χ1v) is 7.67. The van der Waals surface area contributed by atoms with Crippen LogP contribution < -0.4 is 4.74 Å². The molecule has 0 amide bonds. The Bertz CT molecular complexity index is 596. The quantitative estimate of drug-likeness (QED) is 0.772. The van der Waals surface area contributed by atoms with E-state index in [1.807, 2.05) is 48.5 Å². The highest BCUT2D eigenvalue weighted by molar-refractivity contribution is 9.10. The molecule has 0 aliphatic carbocycles. The molecule has 0 heterocycles. The van der Waals surface area contributed by atoms with E-state index < -0.39 is 10.8 Å². The first-order valence-electron chi connectivity index (χ1n) is 6.37. The lowest BCUT2D eigenvalue weighted by Crippen LogP contribution is -2.15. The Morgan fingerprint density at radius 3 is 2.24 bits per heavy atom. The number of halogens is 2. The average Bonchev–Trinajstić information content (AvgIpc) is 2.48. The molecule has 0 spiro atoms. The zero-order valence-corrected chi connectivity index (χ0v) is 13.5. The van der Waals surface area contributed by atoms with Crippen LogP contribution in [-0.4, -0.2) is 15.9 Å². The summed E-state index contributed by atoms with van der Waals surface area (Å²) in [7, 11) is 0. The molecular formula is C16H14BrClO3. The lowest BCUT2D eigenvalue weighted by molar-refractivity contribution is -0.136. The van der Waals surface area contributed by atoms with Gasteiger partial charge in [0.1, 0.15) is 17.2 Å². The third kappa shape index (κ3) is 5.06. The fourth-order valence-corrected chi connectivity index (χ4v) is 2.26. The molecule has 1 atom stereocenters. The van der Waals surface area contributed by atoms with Crippen LogP contribution >= 0.6 is 27.5 Å². The zero-order chi connectivity index (χ0) is 15.2. The Kier molecular flexibility index (Phi) is 5.65. The Morgan fingerprint density at radius 2 is 1.67 bits per heavy atom. The van der Waals surface area contributed by atoms with Gasteiger partial charge < -0.3 is 9.84 Å². The topological polar surface area (TPSA) is 46.5 Å². The number of carbonyl (C=O) groups is 1. The van der Waals surface area contributed by atoms with Gasteiger partial charge in [-0.2, -0.15) is 0 Å².